The number of anilines is 4. The molecule has 5 aromatic rings. The third kappa shape index (κ3) is 10.2. The van der Waals surface area contributed by atoms with Crippen LogP contribution in [-0.4, -0.2) is 100.0 Å². The van der Waals surface area contributed by atoms with Crippen molar-refractivity contribution in [2.75, 3.05) is 55.6 Å². The Morgan fingerprint density at radius 3 is 2.60 bits per heavy atom. The van der Waals surface area contributed by atoms with E-state index in [4.69, 9.17) is 9.72 Å². The van der Waals surface area contributed by atoms with Gasteiger partial charge in [-0.1, -0.05) is 43.7 Å². The number of nitrogens with zero attached hydrogens (tertiary/aromatic N) is 6. The molecule has 2 aliphatic rings. The van der Waals surface area contributed by atoms with E-state index < -0.39 is 11.9 Å². The fourth-order valence-corrected chi connectivity index (χ4v) is 9.10. The topological polar surface area (TPSA) is 171 Å². The van der Waals surface area contributed by atoms with Gasteiger partial charge in [0.05, 0.1) is 29.9 Å². The third-order valence-corrected chi connectivity index (χ3v) is 12.7. The zero-order valence-corrected chi connectivity index (χ0v) is 36.9. The largest absolute Gasteiger partial charge is 0.494 e. The molecule has 1 saturated heterocycles. The molecule has 1 unspecified atom stereocenters. The zero-order valence-electron chi connectivity index (χ0n) is 36.1. The number of ether oxygens (including phenoxy) is 1. The van der Waals surface area contributed by atoms with Gasteiger partial charge in [0.15, 0.2) is 0 Å². The first-order valence-electron chi connectivity index (χ1n) is 21.1. The van der Waals surface area contributed by atoms with Crippen LogP contribution in [0.4, 0.5) is 23.0 Å². The lowest BCUT2D eigenvalue weighted by Gasteiger charge is -2.29. The molecule has 15 nitrogen and oxygen atoms in total. The van der Waals surface area contributed by atoms with E-state index >= 15 is 0 Å². The van der Waals surface area contributed by atoms with Gasteiger partial charge in [0.25, 0.3) is 5.91 Å². The first kappa shape index (κ1) is 44.4. The van der Waals surface area contributed by atoms with Crippen LogP contribution in [-0.2, 0) is 32.8 Å². The number of aryl methyl sites for hydroxylation is 1. The molecule has 4 heterocycles. The molecule has 328 valence electrons. The molecule has 5 amide bonds. The fourth-order valence-electron chi connectivity index (χ4n) is 8.01. The lowest BCUT2D eigenvalue weighted by molar-refractivity contribution is -0.137. The number of thioether (sulfide) groups is 1. The fraction of sp³-hybridized carbons (Fsp3) is 0.340. The first-order valence-corrected chi connectivity index (χ1v) is 22.1. The molecule has 63 heavy (non-hydrogen) atoms. The molecule has 3 aromatic carbocycles. The number of carbonyl (C=O) groups is 5. The number of hydrogen-bond acceptors (Lipinski definition) is 11. The highest BCUT2D eigenvalue weighted by Crippen LogP contribution is 2.39. The van der Waals surface area contributed by atoms with E-state index in [1.807, 2.05) is 61.6 Å². The maximum Gasteiger partial charge on any atom is 0.255 e. The normalized spacial score (nSPS) is 14.6. The maximum atomic E-state index is 13.2. The van der Waals surface area contributed by atoms with Gasteiger partial charge in [0, 0.05) is 99.0 Å². The van der Waals surface area contributed by atoms with Crippen LogP contribution >= 0.6 is 11.8 Å². The van der Waals surface area contributed by atoms with E-state index in [1.54, 1.807) is 54.0 Å². The molecular formula is C47H53N9O6S. The number of aromatic nitrogens is 3. The van der Waals surface area contributed by atoms with E-state index in [2.05, 4.69) is 44.2 Å². The molecule has 2 aliphatic heterocycles. The summed E-state index contributed by atoms with van der Waals surface area (Å²) in [6, 6.07) is 18.7. The predicted octanol–water partition coefficient (Wildman–Crippen LogP) is 6.91. The van der Waals surface area contributed by atoms with Crippen molar-refractivity contribution in [3.05, 3.63) is 96.8 Å². The average molecular weight is 872 g/mol. The summed E-state index contributed by atoms with van der Waals surface area (Å²) < 4.78 is 7.87. The van der Waals surface area contributed by atoms with Crippen LogP contribution < -0.4 is 25.6 Å². The number of amides is 5. The van der Waals surface area contributed by atoms with E-state index in [1.165, 1.54) is 6.08 Å². The summed E-state index contributed by atoms with van der Waals surface area (Å²) in [5.41, 5.74) is 6.14. The third-order valence-electron chi connectivity index (χ3n) is 11.5. The number of unbranched alkanes of at least 4 members (excludes halogenated alkanes) is 3. The summed E-state index contributed by atoms with van der Waals surface area (Å²) in [4.78, 5) is 78.6. The zero-order chi connectivity index (χ0) is 44.6. The molecule has 2 aromatic heterocycles. The van der Waals surface area contributed by atoms with Gasteiger partial charge in [-0.3, -0.25) is 29.3 Å². The summed E-state index contributed by atoms with van der Waals surface area (Å²) in [6.07, 6.45) is 9.58. The van der Waals surface area contributed by atoms with Crippen LogP contribution in [0.15, 0.2) is 90.6 Å². The lowest BCUT2D eigenvalue weighted by atomic mass is 10.0. The van der Waals surface area contributed by atoms with Crippen molar-refractivity contribution in [2.24, 2.45) is 7.05 Å². The van der Waals surface area contributed by atoms with Crippen molar-refractivity contribution >= 4 is 75.2 Å². The Kier molecular flexibility index (Phi) is 14.1. The van der Waals surface area contributed by atoms with Crippen LogP contribution in [0.25, 0.3) is 22.2 Å². The molecular weight excluding hydrogens is 819 g/mol. The van der Waals surface area contributed by atoms with E-state index in [0.29, 0.717) is 66.8 Å². The van der Waals surface area contributed by atoms with Gasteiger partial charge in [0.1, 0.15) is 11.8 Å². The maximum absolute atomic E-state index is 13.2. The molecule has 3 N–H and O–H groups in total. The predicted molar refractivity (Wildman–Crippen MR) is 246 cm³/mol. The number of piperidine rings is 1. The number of benzene rings is 3. The Balaban J connectivity index is 0.890. The van der Waals surface area contributed by atoms with Crippen molar-refractivity contribution < 1.29 is 28.7 Å². The minimum absolute atomic E-state index is 0.0610. The van der Waals surface area contributed by atoms with Gasteiger partial charge in [-0.15, -0.1) is 11.8 Å². The Labute approximate surface area is 371 Å². The highest BCUT2D eigenvalue weighted by atomic mass is 32.2. The number of likely N-dealkylation sites (N-methyl/N-ethyl adjacent to an activating group) is 2. The molecule has 7 rings (SSSR count). The molecule has 1 fully saturated rings. The Morgan fingerprint density at radius 2 is 1.81 bits per heavy atom. The number of rotatable bonds is 19. The van der Waals surface area contributed by atoms with Crippen LogP contribution in [0.5, 0.6) is 5.75 Å². The molecule has 0 radical (unpaired) electrons. The van der Waals surface area contributed by atoms with Gasteiger partial charge in [0.2, 0.25) is 29.6 Å². The second-order valence-corrected chi connectivity index (χ2v) is 16.9. The van der Waals surface area contributed by atoms with E-state index in [0.717, 1.165) is 64.1 Å². The van der Waals surface area contributed by atoms with Crippen molar-refractivity contribution in [3.63, 3.8) is 0 Å². The van der Waals surface area contributed by atoms with Crippen LogP contribution in [0.1, 0.15) is 60.9 Å². The van der Waals surface area contributed by atoms with Gasteiger partial charge in [-0.25, -0.2) is 9.97 Å². The van der Waals surface area contributed by atoms with Crippen molar-refractivity contribution in [1.29, 1.82) is 0 Å². The van der Waals surface area contributed by atoms with Crippen LogP contribution in [0, 0.1) is 0 Å². The first-order chi connectivity index (χ1) is 30.4. The highest BCUT2D eigenvalue weighted by molar-refractivity contribution is 7.99. The minimum Gasteiger partial charge on any atom is -0.494 e. The van der Waals surface area contributed by atoms with Crippen LogP contribution in [0.2, 0.25) is 0 Å². The van der Waals surface area contributed by atoms with Crippen molar-refractivity contribution in [1.82, 2.24) is 29.7 Å². The quantitative estimate of drug-likeness (QED) is 0.0341. The number of methoxy groups -OCH3 is 1. The van der Waals surface area contributed by atoms with Gasteiger partial charge in [-0.05, 0) is 67.0 Å². The summed E-state index contributed by atoms with van der Waals surface area (Å²) in [5.74, 6) is 0.541. The summed E-state index contributed by atoms with van der Waals surface area (Å²) in [5, 5.41) is 9.64. The average Bonchev–Trinajstić information content (AvgIpc) is 3.81. The minimum atomic E-state index is -0.633. The number of para-hydroxylation sites is 1. The molecule has 16 heteroatoms. The molecule has 0 spiro atoms. The molecule has 0 aliphatic carbocycles. The lowest BCUT2D eigenvalue weighted by Crippen LogP contribution is -2.52. The number of fused-ring (bicyclic) bond motifs is 2. The summed E-state index contributed by atoms with van der Waals surface area (Å²) in [6.45, 7) is 4.93. The molecule has 0 bridgehead atoms. The number of nitrogens with one attached hydrogen (secondary N) is 3. The monoisotopic (exact) mass is 871 g/mol. The standard InChI is InChI=1S/C47H53N9O6S/c1-6-42(57)49-35-26-36(51-47-48-22-21-34(50-47)32-28-55(4)37-16-11-10-14-30(32)37)40(62-5)27-39(35)53(2)23-24-54(3)44(59)18-9-7-8-12-25-63-41-17-13-15-31-33(41)29-56(46(31)61)38-19-20-43(58)52-45(38)60/h6,10-11,13-17,21-22,26-28,38H,1,7-9,12,18-20,23-25,29H2,2-5H3,(H,49,57)(H,48,50,51)(H,52,58,60). The van der Waals surface area contributed by atoms with Gasteiger partial charge in [-0.2, -0.15) is 0 Å². The smallest absolute Gasteiger partial charge is 0.255 e. The summed E-state index contributed by atoms with van der Waals surface area (Å²) in [7, 11) is 7.28. The number of carbonyl (C=O) groups excluding carboxylic acids is 5. The second-order valence-electron chi connectivity index (χ2n) is 15.8. The summed E-state index contributed by atoms with van der Waals surface area (Å²) >= 11 is 1.70. The SMILES string of the molecule is C=CC(=O)Nc1cc(Nc2nccc(-c3cn(C)c4ccccc34)n2)c(OC)cc1N(C)CCN(C)C(=O)CCCCCCSc1cccc2c1CN(C1CCC(=O)NC1=O)C2=O. The van der Waals surface area contributed by atoms with Gasteiger partial charge < -0.3 is 34.6 Å². The Bertz CT molecular complexity index is 2560. The molecule has 1 atom stereocenters. The second kappa shape index (κ2) is 20.0. The van der Waals surface area contributed by atoms with Crippen molar-refractivity contribution in [2.45, 2.75) is 62.4 Å². The highest BCUT2D eigenvalue weighted by Gasteiger charge is 2.39. The van der Waals surface area contributed by atoms with Gasteiger partial charge >= 0.3 is 0 Å². The number of imide groups is 1. The number of hydrogen-bond donors (Lipinski definition) is 3. The van der Waals surface area contributed by atoms with E-state index in [-0.39, 0.29) is 30.0 Å². The van der Waals surface area contributed by atoms with E-state index in [9.17, 15) is 24.0 Å². The Morgan fingerprint density at radius 1 is 1.00 bits per heavy atom. The van der Waals surface area contributed by atoms with Crippen LogP contribution in [0.3, 0.4) is 0 Å². The van der Waals surface area contributed by atoms with Crippen molar-refractivity contribution in [3.8, 4) is 17.0 Å². The molecule has 0 saturated carbocycles. The Hall–Kier alpha value is -6.68.